The first kappa shape index (κ1) is 22.2. The molecule has 1 saturated carbocycles. The van der Waals surface area contributed by atoms with Gasteiger partial charge in [0.25, 0.3) is 0 Å². The highest BCUT2D eigenvalue weighted by Crippen LogP contribution is 2.19. The van der Waals surface area contributed by atoms with Crippen LogP contribution in [0.5, 0.6) is 0 Å². The second-order valence-corrected chi connectivity index (χ2v) is 8.12. The van der Waals surface area contributed by atoms with E-state index in [1.165, 1.54) is 0 Å². The average molecular weight is 451 g/mol. The van der Waals surface area contributed by atoms with Crippen LogP contribution >= 0.6 is 23.2 Å². The lowest BCUT2D eigenvalue weighted by molar-refractivity contribution is 0.125. The maximum atomic E-state index is 12.0. The quantitative estimate of drug-likeness (QED) is 0.612. The van der Waals surface area contributed by atoms with Crippen molar-refractivity contribution in [2.24, 2.45) is 0 Å². The number of carbonyl (C=O) groups is 2. The summed E-state index contributed by atoms with van der Waals surface area (Å²) in [6.07, 6.45) is 2.17. The number of nitrogens with one attached hydrogen (secondary N) is 2. The van der Waals surface area contributed by atoms with Gasteiger partial charge < -0.3 is 20.1 Å². The monoisotopic (exact) mass is 450 g/mol. The third-order valence-electron chi connectivity index (χ3n) is 4.94. The SMILES string of the molecule is O=C(NC1CCC(NC(=O)OCc2ccc(Cl)cc2)CC1)OCc1ccc(Cl)cc1. The molecule has 0 heterocycles. The Balaban J connectivity index is 1.31. The number of ether oxygens (including phenoxy) is 2. The largest absolute Gasteiger partial charge is 0.445 e. The van der Waals surface area contributed by atoms with Crippen molar-refractivity contribution in [2.75, 3.05) is 0 Å². The minimum Gasteiger partial charge on any atom is -0.445 e. The number of hydrogen-bond acceptors (Lipinski definition) is 4. The van der Waals surface area contributed by atoms with Crippen molar-refractivity contribution in [3.05, 3.63) is 69.7 Å². The van der Waals surface area contributed by atoms with E-state index in [4.69, 9.17) is 32.7 Å². The Morgan fingerprint density at radius 2 is 1.03 bits per heavy atom. The highest BCUT2D eigenvalue weighted by atomic mass is 35.5. The second kappa shape index (κ2) is 11.1. The van der Waals surface area contributed by atoms with Crippen LogP contribution in [0.3, 0.4) is 0 Å². The number of halogens is 2. The van der Waals surface area contributed by atoms with Crippen molar-refractivity contribution in [3.63, 3.8) is 0 Å². The number of hydrogen-bond donors (Lipinski definition) is 2. The summed E-state index contributed by atoms with van der Waals surface area (Å²) in [5.41, 5.74) is 1.75. The molecule has 2 N–H and O–H groups in total. The maximum Gasteiger partial charge on any atom is 0.407 e. The summed E-state index contributed by atoms with van der Waals surface area (Å²) in [4.78, 5) is 24.0. The lowest BCUT2D eigenvalue weighted by atomic mass is 9.91. The van der Waals surface area contributed by atoms with Gasteiger partial charge in [0.05, 0.1) is 0 Å². The van der Waals surface area contributed by atoms with Gasteiger partial charge in [0.1, 0.15) is 13.2 Å². The van der Waals surface area contributed by atoms with E-state index in [1.54, 1.807) is 24.3 Å². The first-order chi connectivity index (χ1) is 14.5. The number of rotatable bonds is 6. The Bertz CT molecular complexity index is 764. The molecule has 2 aromatic rings. The third kappa shape index (κ3) is 7.43. The van der Waals surface area contributed by atoms with E-state index in [2.05, 4.69) is 10.6 Å². The Kier molecular flexibility index (Phi) is 8.22. The van der Waals surface area contributed by atoms with E-state index in [0.717, 1.165) is 36.8 Å². The molecule has 1 fully saturated rings. The number of carbonyl (C=O) groups excluding carboxylic acids is 2. The molecule has 0 atom stereocenters. The van der Waals surface area contributed by atoms with E-state index in [-0.39, 0.29) is 25.3 Å². The lowest BCUT2D eigenvalue weighted by Crippen LogP contribution is -2.44. The van der Waals surface area contributed by atoms with Gasteiger partial charge in [-0.1, -0.05) is 47.5 Å². The van der Waals surface area contributed by atoms with Gasteiger partial charge in [-0.3, -0.25) is 0 Å². The zero-order valence-electron chi connectivity index (χ0n) is 16.4. The van der Waals surface area contributed by atoms with Crippen LogP contribution in [0, 0.1) is 0 Å². The van der Waals surface area contributed by atoms with E-state index < -0.39 is 12.2 Å². The smallest absolute Gasteiger partial charge is 0.407 e. The lowest BCUT2D eigenvalue weighted by Gasteiger charge is -2.29. The molecule has 160 valence electrons. The van der Waals surface area contributed by atoms with Crippen molar-refractivity contribution < 1.29 is 19.1 Å². The van der Waals surface area contributed by atoms with Gasteiger partial charge in [0.15, 0.2) is 0 Å². The van der Waals surface area contributed by atoms with Crippen molar-refractivity contribution in [1.29, 1.82) is 0 Å². The predicted molar refractivity (Wildman–Crippen MR) is 116 cm³/mol. The van der Waals surface area contributed by atoms with Gasteiger partial charge in [-0.2, -0.15) is 0 Å². The van der Waals surface area contributed by atoms with E-state index in [1.807, 2.05) is 24.3 Å². The normalized spacial score (nSPS) is 18.3. The van der Waals surface area contributed by atoms with Crippen LogP contribution in [0.2, 0.25) is 10.0 Å². The van der Waals surface area contributed by atoms with Crippen LogP contribution in [0.25, 0.3) is 0 Å². The summed E-state index contributed by atoms with van der Waals surface area (Å²) < 4.78 is 10.5. The van der Waals surface area contributed by atoms with Crippen LogP contribution in [-0.2, 0) is 22.7 Å². The zero-order chi connectivity index (χ0) is 21.3. The fourth-order valence-electron chi connectivity index (χ4n) is 3.26. The minimum atomic E-state index is -0.441. The Hall–Kier alpha value is -2.44. The third-order valence-corrected chi connectivity index (χ3v) is 5.44. The Labute approximate surface area is 185 Å². The van der Waals surface area contributed by atoms with Crippen LogP contribution in [-0.4, -0.2) is 24.3 Å². The molecule has 0 unspecified atom stereocenters. The molecule has 8 heteroatoms. The summed E-state index contributed by atoms with van der Waals surface area (Å²) in [5, 5.41) is 7.05. The van der Waals surface area contributed by atoms with Crippen molar-refractivity contribution in [2.45, 2.75) is 51.0 Å². The molecule has 0 saturated heterocycles. The molecule has 0 aliphatic heterocycles. The standard InChI is InChI=1S/C22H24Cl2N2O4/c23-17-5-1-15(2-6-17)13-29-21(27)25-19-9-11-20(12-10-19)26-22(28)30-14-16-3-7-18(24)8-4-16/h1-8,19-20H,9-14H2,(H,25,27)(H,26,28). The van der Waals surface area contributed by atoms with Gasteiger partial charge in [-0.15, -0.1) is 0 Å². The Morgan fingerprint density at radius 3 is 1.37 bits per heavy atom. The molecule has 1 aliphatic rings. The van der Waals surface area contributed by atoms with Gasteiger partial charge >= 0.3 is 12.2 Å². The predicted octanol–water partition coefficient (Wildman–Crippen LogP) is 5.46. The Morgan fingerprint density at radius 1 is 0.700 bits per heavy atom. The molecule has 1 aliphatic carbocycles. The number of amides is 2. The molecule has 0 radical (unpaired) electrons. The molecule has 2 amide bonds. The molecule has 0 spiro atoms. The van der Waals surface area contributed by atoms with Crippen molar-refractivity contribution >= 4 is 35.4 Å². The second-order valence-electron chi connectivity index (χ2n) is 7.24. The topological polar surface area (TPSA) is 76.7 Å². The van der Waals surface area contributed by atoms with E-state index >= 15 is 0 Å². The molecular formula is C22H24Cl2N2O4. The molecule has 0 aromatic heterocycles. The van der Waals surface area contributed by atoms with Gasteiger partial charge in [0.2, 0.25) is 0 Å². The van der Waals surface area contributed by atoms with Crippen LogP contribution in [0.1, 0.15) is 36.8 Å². The first-order valence-corrected chi connectivity index (χ1v) is 10.6. The molecule has 0 bridgehead atoms. The molecule has 30 heavy (non-hydrogen) atoms. The van der Waals surface area contributed by atoms with Gasteiger partial charge in [0, 0.05) is 22.1 Å². The summed E-state index contributed by atoms with van der Waals surface area (Å²) >= 11 is 11.7. The van der Waals surface area contributed by atoms with Crippen molar-refractivity contribution in [1.82, 2.24) is 10.6 Å². The van der Waals surface area contributed by atoms with Gasteiger partial charge in [-0.25, -0.2) is 9.59 Å². The van der Waals surface area contributed by atoms with E-state index in [0.29, 0.717) is 10.0 Å². The summed E-state index contributed by atoms with van der Waals surface area (Å²) in [5.74, 6) is 0. The highest BCUT2D eigenvalue weighted by molar-refractivity contribution is 6.30. The molecular weight excluding hydrogens is 427 g/mol. The summed E-state index contributed by atoms with van der Waals surface area (Å²) in [6.45, 7) is 0.388. The average Bonchev–Trinajstić information content (AvgIpc) is 2.74. The van der Waals surface area contributed by atoms with Gasteiger partial charge in [-0.05, 0) is 61.1 Å². The fraction of sp³-hybridized carbons (Fsp3) is 0.364. The molecule has 6 nitrogen and oxygen atoms in total. The van der Waals surface area contributed by atoms with Crippen LogP contribution < -0.4 is 10.6 Å². The maximum absolute atomic E-state index is 12.0. The molecule has 3 rings (SSSR count). The number of alkyl carbamates (subject to hydrolysis) is 2. The summed E-state index contributed by atoms with van der Waals surface area (Å²) in [7, 11) is 0. The van der Waals surface area contributed by atoms with Crippen LogP contribution in [0.4, 0.5) is 9.59 Å². The highest BCUT2D eigenvalue weighted by Gasteiger charge is 2.24. The zero-order valence-corrected chi connectivity index (χ0v) is 17.9. The van der Waals surface area contributed by atoms with Crippen molar-refractivity contribution in [3.8, 4) is 0 Å². The van der Waals surface area contributed by atoms with E-state index in [9.17, 15) is 9.59 Å². The number of benzene rings is 2. The van der Waals surface area contributed by atoms with Crippen LogP contribution in [0.15, 0.2) is 48.5 Å². The molecule has 2 aromatic carbocycles. The fourth-order valence-corrected chi connectivity index (χ4v) is 3.51. The first-order valence-electron chi connectivity index (χ1n) is 9.83. The minimum absolute atomic E-state index is 0.0332. The summed E-state index contributed by atoms with van der Waals surface area (Å²) in [6, 6.07) is 14.4.